The van der Waals surface area contributed by atoms with Crippen molar-refractivity contribution in [2.75, 3.05) is 13.2 Å². The van der Waals surface area contributed by atoms with Gasteiger partial charge in [0.05, 0.1) is 5.69 Å². The molecule has 0 saturated heterocycles. The normalized spacial score (nSPS) is 11.0. The van der Waals surface area contributed by atoms with Crippen molar-refractivity contribution in [3.05, 3.63) is 52.3 Å². The predicted octanol–water partition coefficient (Wildman–Crippen LogP) is 3.33. The van der Waals surface area contributed by atoms with Gasteiger partial charge in [-0.1, -0.05) is 23.7 Å². The van der Waals surface area contributed by atoms with Crippen molar-refractivity contribution in [3.8, 4) is 5.75 Å². The van der Waals surface area contributed by atoms with Gasteiger partial charge in [0, 0.05) is 18.7 Å². The first-order valence-electron chi connectivity index (χ1n) is 7.21. The Morgan fingerprint density at radius 2 is 2.13 bits per heavy atom. The minimum Gasteiger partial charge on any atom is -0.490 e. The molecule has 5 nitrogen and oxygen atoms in total. The molecule has 0 fully saturated rings. The van der Waals surface area contributed by atoms with Gasteiger partial charge in [-0.3, -0.25) is 4.68 Å². The van der Waals surface area contributed by atoms with E-state index in [1.54, 1.807) is 17.8 Å². The maximum atomic E-state index is 11.7. The van der Waals surface area contributed by atoms with Crippen molar-refractivity contribution in [1.29, 1.82) is 0 Å². The van der Waals surface area contributed by atoms with E-state index in [9.17, 15) is 4.79 Å². The lowest BCUT2D eigenvalue weighted by atomic mass is 10.2. The van der Waals surface area contributed by atoms with E-state index >= 15 is 0 Å². The summed E-state index contributed by atoms with van der Waals surface area (Å²) in [5, 5.41) is 4.65. The molecule has 2 rings (SSSR count). The van der Waals surface area contributed by atoms with Gasteiger partial charge >= 0.3 is 5.97 Å². The molecule has 0 spiro atoms. The van der Waals surface area contributed by atoms with Gasteiger partial charge in [0.25, 0.3) is 0 Å². The van der Waals surface area contributed by atoms with Gasteiger partial charge in [0.15, 0.2) is 0 Å². The van der Waals surface area contributed by atoms with E-state index in [-0.39, 0.29) is 6.61 Å². The molecule has 2 aromatic rings. The van der Waals surface area contributed by atoms with Gasteiger partial charge in [-0.25, -0.2) is 4.79 Å². The maximum Gasteiger partial charge on any atom is 0.330 e. The van der Waals surface area contributed by atoms with E-state index in [1.807, 2.05) is 38.1 Å². The third kappa shape index (κ3) is 4.86. The molecule has 0 aliphatic rings. The van der Waals surface area contributed by atoms with Crippen LogP contribution in [0.25, 0.3) is 6.08 Å². The Hall–Kier alpha value is -2.27. The molecular weight excluding hydrogens is 316 g/mol. The molecule has 0 aliphatic heterocycles. The topological polar surface area (TPSA) is 53.4 Å². The molecule has 122 valence electrons. The van der Waals surface area contributed by atoms with Gasteiger partial charge in [-0.05, 0) is 37.6 Å². The second-order valence-electron chi connectivity index (χ2n) is 5.08. The van der Waals surface area contributed by atoms with Crippen molar-refractivity contribution in [2.24, 2.45) is 7.05 Å². The van der Waals surface area contributed by atoms with Crippen LogP contribution in [0.3, 0.4) is 0 Å². The highest BCUT2D eigenvalue weighted by Crippen LogP contribution is 2.19. The molecule has 0 atom stereocenters. The monoisotopic (exact) mass is 334 g/mol. The Labute approximate surface area is 140 Å². The number of aromatic nitrogens is 2. The van der Waals surface area contributed by atoms with Crippen molar-refractivity contribution < 1.29 is 14.3 Å². The largest absolute Gasteiger partial charge is 0.490 e. The van der Waals surface area contributed by atoms with Crippen molar-refractivity contribution in [2.45, 2.75) is 13.8 Å². The lowest BCUT2D eigenvalue weighted by molar-refractivity contribution is -0.138. The van der Waals surface area contributed by atoms with Crippen molar-refractivity contribution in [1.82, 2.24) is 9.78 Å². The Morgan fingerprint density at radius 1 is 1.35 bits per heavy atom. The summed E-state index contributed by atoms with van der Waals surface area (Å²) in [5.74, 6) is 0.312. The number of hydrogen-bond donors (Lipinski definition) is 0. The Morgan fingerprint density at radius 3 is 2.78 bits per heavy atom. The fraction of sp³-hybridized carbons (Fsp3) is 0.294. The zero-order chi connectivity index (χ0) is 16.8. The van der Waals surface area contributed by atoms with Gasteiger partial charge in [0.1, 0.15) is 24.1 Å². The molecule has 0 N–H and O–H groups in total. The van der Waals surface area contributed by atoms with E-state index in [4.69, 9.17) is 21.1 Å². The summed E-state index contributed by atoms with van der Waals surface area (Å²) in [5.41, 5.74) is 2.58. The molecule has 0 radical (unpaired) electrons. The minimum absolute atomic E-state index is 0.177. The number of halogens is 1. The predicted molar refractivity (Wildman–Crippen MR) is 89.6 cm³/mol. The lowest BCUT2D eigenvalue weighted by Gasteiger charge is -2.06. The highest BCUT2D eigenvalue weighted by Gasteiger charge is 2.08. The van der Waals surface area contributed by atoms with Gasteiger partial charge in [-0.2, -0.15) is 5.10 Å². The molecule has 1 heterocycles. The van der Waals surface area contributed by atoms with Crippen LogP contribution in [0.5, 0.6) is 5.75 Å². The number of aryl methyl sites for hydroxylation is 3. The van der Waals surface area contributed by atoms with Crippen LogP contribution in [0, 0.1) is 13.8 Å². The third-order valence-corrected chi connectivity index (χ3v) is 3.62. The van der Waals surface area contributed by atoms with Crippen LogP contribution in [-0.2, 0) is 16.6 Å². The second kappa shape index (κ2) is 7.83. The third-order valence-electron chi connectivity index (χ3n) is 3.17. The number of hydrogen-bond acceptors (Lipinski definition) is 4. The molecule has 1 aromatic carbocycles. The highest BCUT2D eigenvalue weighted by atomic mass is 35.5. The number of nitrogens with zero attached hydrogens (tertiary/aromatic N) is 2. The quantitative estimate of drug-likeness (QED) is 0.462. The summed E-state index contributed by atoms with van der Waals surface area (Å²) in [7, 11) is 1.74. The first kappa shape index (κ1) is 17.1. The van der Waals surface area contributed by atoms with Crippen LogP contribution in [0.2, 0.25) is 5.15 Å². The fourth-order valence-electron chi connectivity index (χ4n) is 2.04. The summed E-state index contributed by atoms with van der Waals surface area (Å²) in [6.45, 7) is 4.29. The zero-order valence-corrected chi connectivity index (χ0v) is 14.1. The van der Waals surface area contributed by atoms with Crippen molar-refractivity contribution >= 4 is 23.6 Å². The zero-order valence-electron chi connectivity index (χ0n) is 13.4. The molecule has 23 heavy (non-hydrogen) atoms. The molecule has 6 heteroatoms. The number of carbonyl (C=O) groups excluding carboxylic acids is 1. The molecular formula is C17H19ClN2O3. The number of esters is 1. The molecule has 0 saturated carbocycles. The van der Waals surface area contributed by atoms with Crippen molar-refractivity contribution in [3.63, 3.8) is 0 Å². The van der Waals surface area contributed by atoms with Crippen LogP contribution >= 0.6 is 11.6 Å². The Balaban J connectivity index is 1.78. The maximum absolute atomic E-state index is 11.7. The van der Waals surface area contributed by atoms with Gasteiger partial charge in [0.2, 0.25) is 0 Å². The summed E-state index contributed by atoms with van der Waals surface area (Å²) < 4.78 is 12.1. The summed E-state index contributed by atoms with van der Waals surface area (Å²) in [6.07, 6.45) is 2.94. The lowest BCUT2D eigenvalue weighted by Crippen LogP contribution is -2.10. The van der Waals surface area contributed by atoms with Crippen LogP contribution < -0.4 is 4.74 Å². The van der Waals surface area contributed by atoms with Crippen LogP contribution in [0.4, 0.5) is 0 Å². The second-order valence-corrected chi connectivity index (χ2v) is 5.44. The number of carbonyl (C=O) groups is 1. The first-order chi connectivity index (χ1) is 11.0. The Bertz CT molecular complexity index is 723. The first-order valence-corrected chi connectivity index (χ1v) is 7.58. The van der Waals surface area contributed by atoms with Gasteiger partial charge < -0.3 is 9.47 Å². The van der Waals surface area contributed by atoms with E-state index in [0.717, 1.165) is 17.0 Å². The van der Waals surface area contributed by atoms with E-state index < -0.39 is 5.97 Å². The van der Waals surface area contributed by atoms with E-state index in [0.29, 0.717) is 17.3 Å². The van der Waals surface area contributed by atoms with Gasteiger partial charge in [-0.15, -0.1) is 0 Å². The molecule has 0 unspecified atom stereocenters. The summed E-state index contributed by atoms with van der Waals surface area (Å²) >= 11 is 6.08. The summed E-state index contributed by atoms with van der Waals surface area (Å²) in [6, 6.07) is 7.69. The average Bonchev–Trinajstić information content (AvgIpc) is 2.75. The number of benzene rings is 1. The van der Waals surface area contributed by atoms with Crippen LogP contribution in [0.1, 0.15) is 16.8 Å². The smallest absolute Gasteiger partial charge is 0.330 e. The standard InChI is InChI=1S/C17H19ClN2O3/c1-12-5-4-6-14(11-12)22-9-10-23-16(21)8-7-15-13(2)19-20(3)17(15)18/h4-8,11H,9-10H2,1-3H3/b8-7+. The Kier molecular flexibility index (Phi) is 5.82. The fourth-order valence-corrected chi connectivity index (χ4v) is 2.28. The molecule has 0 amide bonds. The summed E-state index contributed by atoms with van der Waals surface area (Å²) in [4.78, 5) is 11.7. The molecule has 0 aliphatic carbocycles. The average molecular weight is 335 g/mol. The van der Waals surface area contributed by atoms with E-state index in [1.165, 1.54) is 6.08 Å². The highest BCUT2D eigenvalue weighted by molar-refractivity contribution is 6.31. The number of rotatable bonds is 6. The molecule has 0 bridgehead atoms. The SMILES string of the molecule is Cc1cccc(OCCOC(=O)/C=C/c2c(C)nn(C)c2Cl)c1. The molecule has 1 aromatic heterocycles. The van der Waals surface area contributed by atoms with Crippen LogP contribution in [0.15, 0.2) is 30.3 Å². The minimum atomic E-state index is -0.447. The van der Waals surface area contributed by atoms with E-state index in [2.05, 4.69) is 5.10 Å². The van der Waals surface area contributed by atoms with Crippen LogP contribution in [-0.4, -0.2) is 29.0 Å². The number of ether oxygens (including phenoxy) is 2.